The van der Waals surface area contributed by atoms with Gasteiger partial charge in [-0.05, 0) is 119 Å². The van der Waals surface area contributed by atoms with Crippen LogP contribution in [0.3, 0.4) is 0 Å². The molecule has 3 atom stereocenters. The first kappa shape index (κ1) is 29.3. The summed E-state index contributed by atoms with van der Waals surface area (Å²) in [6.07, 6.45) is 5.47. The number of nitrogens with zero attached hydrogens (tertiary/aromatic N) is 1. The number of benzene rings is 7. The smallest absolute Gasteiger partial charge is 0.0540 e. The standard InChI is InChI=1S/C49H37NS/c1-2-10-34(11-3-1)39-12-5-8-16-46(39)50(38-25-27-48-43(30-38)42-14-6-9-17-47(42)51-48)37-23-19-33(20-24-37)35-21-26-41-40-13-4-7-15-44(40)49(45(41)29-35)31-32-18-22-36(49)28-32/h1-17,19-21,23-27,29-30,32,36H,18,22,28,31H2. The zero-order valence-corrected chi connectivity index (χ0v) is 29.2. The van der Waals surface area contributed by atoms with Crippen molar-refractivity contribution in [1.82, 2.24) is 0 Å². The molecular formula is C49H37NS. The van der Waals surface area contributed by atoms with Gasteiger partial charge in [0.1, 0.15) is 0 Å². The van der Waals surface area contributed by atoms with E-state index in [1.54, 1.807) is 11.1 Å². The summed E-state index contributed by atoms with van der Waals surface area (Å²) in [6, 6.07) is 61.3. The van der Waals surface area contributed by atoms with Crippen molar-refractivity contribution in [2.24, 2.45) is 11.8 Å². The van der Waals surface area contributed by atoms with Crippen LogP contribution in [0.2, 0.25) is 0 Å². The lowest BCUT2D eigenvalue weighted by atomic mass is 9.66. The van der Waals surface area contributed by atoms with Crippen molar-refractivity contribution in [3.05, 3.63) is 175 Å². The van der Waals surface area contributed by atoms with Crippen LogP contribution >= 0.6 is 11.3 Å². The number of hydrogen-bond donors (Lipinski definition) is 0. The van der Waals surface area contributed by atoms with Crippen LogP contribution < -0.4 is 4.90 Å². The molecule has 51 heavy (non-hydrogen) atoms. The summed E-state index contributed by atoms with van der Waals surface area (Å²) in [5, 5.41) is 2.62. The molecule has 244 valence electrons. The topological polar surface area (TPSA) is 3.24 Å². The van der Waals surface area contributed by atoms with Crippen molar-refractivity contribution in [3.8, 4) is 33.4 Å². The Morgan fingerprint density at radius 1 is 0.490 bits per heavy atom. The molecule has 11 rings (SSSR count). The number of para-hydroxylation sites is 1. The fourth-order valence-electron chi connectivity index (χ4n) is 10.2. The quantitative estimate of drug-likeness (QED) is 0.176. The van der Waals surface area contributed by atoms with E-state index in [0.717, 1.165) is 23.2 Å². The first-order valence-electron chi connectivity index (χ1n) is 18.5. The molecular weight excluding hydrogens is 635 g/mol. The van der Waals surface area contributed by atoms with E-state index in [2.05, 4.69) is 169 Å². The molecule has 7 aromatic carbocycles. The maximum absolute atomic E-state index is 2.56. The summed E-state index contributed by atoms with van der Waals surface area (Å²) < 4.78 is 2.65. The van der Waals surface area contributed by atoms with Gasteiger partial charge in [-0.2, -0.15) is 0 Å². The molecule has 2 saturated carbocycles. The fraction of sp³-hybridized carbons (Fsp3) is 0.143. The van der Waals surface area contributed by atoms with Gasteiger partial charge in [0, 0.05) is 42.5 Å². The summed E-state index contributed by atoms with van der Waals surface area (Å²) in [5.74, 6) is 1.63. The summed E-state index contributed by atoms with van der Waals surface area (Å²) in [6.45, 7) is 0. The monoisotopic (exact) mass is 671 g/mol. The van der Waals surface area contributed by atoms with E-state index in [-0.39, 0.29) is 5.41 Å². The molecule has 0 aliphatic heterocycles. The Morgan fingerprint density at radius 3 is 2.04 bits per heavy atom. The normalized spacial score (nSPS) is 19.9. The molecule has 2 heteroatoms. The van der Waals surface area contributed by atoms with Gasteiger partial charge in [-0.1, -0.05) is 122 Å². The van der Waals surface area contributed by atoms with Crippen molar-refractivity contribution in [3.63, 3.8) is 0 Å². The Kier molecular flexibility index (Phi) is 6.48. The van der Waals surface area contributed by atoms with Gasteiger partial charge in [0.05, 0.1) is 5.69 Å². The van der Waals surface area contributed by atoms with Gasteiger partial charge >= 0.3 is 0 Å². The number of anilines is 3. The third-order valence-corrected chi connectivity index (χ3v) is 13.5. The van der Waals surface area contributed by atoms with Gasteiger partial charge in [-0.15, -0.1) is 11.3 Å². The number of rotatable bonds is 5. The van der Waals surface area contributed by atoms with Gasteiger partial charge in [-0.3, -0.25) is 0 Å². The Labute approximate surface area is 303 Å². The van der Waals surface area contributed by atoms with E-state index in [1.165, 1.54) is 84.9 Å². The highest BCUT2D eigenvalue weighted by Crippen LogP contribution is 2.65. The predicted octanol–water partition coefficient (Wildman–Crippen LogP) is 13.9. The van der Waals surface area contributed by atoms with Crippen molar-refractivity contribution < 1.29 is 0 Å². The maximum atomic E-state index is 2.56. The highest BCUT2D eigenvalue weighted by molar-refractivity contribution is 7.25. The second kappa shape index (κ2) is 11.3. The number of hydrogen-bond acceptors (Lipinski definition) is 2. The summed E-state index contributed by atoms with van der Waals surface area (Å²) >= 11 is 1.87. The first-order valence-corrected chi connectivity index (χ1v) is 19.3. The molecule has 1 aromatic heterocycles. The van der Waals surface area contributed by atoms with E-state index in [4.69, 9.17) is 0 Å². The summed E-state index contributed by atoms with van der Waals surface area (Å²) in [4.78, 5) is 2.45. The van der Waals surface area contributed by atoms with E-state index >= 15 is 0 Å². The molecule has 8 aromatic rings. The lowest BCUT2D eigenvalue weighted by Crippen LogP contribution is -2.31. The highest BCUT2D eigenvalue weighted by atomic mass is 32.1. The molecule has 2 fully saturated rings. The average Bonchev–Trinajstić information content (AvgIpc) is 3.97. The van der Waals surface area contributed by atoms with Crippen LogP contribution in [0, 0.1) is 11.8 Å². The molecule has 3 aliphatic rings. The Bertz CT molecular complexity index is 2610. The van der Waals surface area contributed by atoms with Crippen LogP contribution in [-0.4, -0.2) is 0 Å². The fourth-order valence-corrected chi connectivity index (χ4v) is 11.3. The summed E-state index contributed by atoms with van der Waals surface area (Å²) in [7, 11) is 0. The maximum Gasteiger partial charge on any atom is 0.0540 e. The molecule has 0 radical (unpaired) electrons. The molecule has 1 heterocycles. The Balaban J connectivity index is 1.04. The van der Waals surface area contributed by atoms with Crippen LogP contribution in [0.25, 0.3) is 53.6 Å². The van der Waals surface area contributed by atoms with Crippen molar-refractivity contribution in [1.29, 1.82) is 0 Å². The average molecular weight is 672 g/mol. The van der Waals surface area contributed by atoms with Crippen LogP contribution in [0.4, 0.5) is 17.1 Å². The second-order valence-corrected chi connectivity index (χ2v) is 16.0. The SMILES string of the molecule is c1ccc(-c2ccccc2N(c2ccc(-c3ccc4c(c3)C3(CC5CCC3C5)c3ccccc3-4)cc2)c2ccc3sc4ccccc4c3c2)cc1. The van der Waals surface area contributed by atoms with Crippen LogP contribution in [-0.2, 0) is 5.41 Å². The molecule has 1 spiro atoms. The van der Waals surface area contributed by atoms with Gasteiger partial charge in [0.15, 0.2) is 0 Å². The third kappa shape index (κ3) is 4.39. The minimum Gasteiger partial charge on any atom is -0.310 e. The second-order valence-electron chi connectivity index (χ2n) is 14.9. The zero-order valence-electron chi connectivity index (χ0n) is 28.4. The van der Waals surface area contributed by atoms with Gasteiger partial charge in [0.2, 0.25) is 0 Å². The van der Waals surface area contributed by atoms with E-state index in [0.29, 0.717) is 0 Å². The molecule has 0 amide bonds. The van der Waals surface area contributed by atoms with Gasteiger partial charge in [-0.25, -0.2) is 0 Å². The third-order valence-electron chi connectivity index (χ3n) is 12.4. The van der Waals surface area contributed by atoms with Crippen molar-refractivity contribution in [2.75, 3.05) is 4.90 Å². The first-order chi connectivity index (χ1) is 25.2. The molecule has 0 N–H and O–H groups in total. The Hall–Kier alpha value is -5.44. The number of fused-ring (bicyclic) bond motifs is 11. The van der Waals surface area contributed by atoms with Crippen LogP contribution in [0.15, 0.2) is 164 Å². The van der Waals surface area contributed by atoms with E-state index < -0.39 is 0 Å². The zero-order chi connectivity index (χ0) is 33.5. The minimum absolute atomic E-state index is 0.188. The predicted molar refractivity (Wildman–Crippen MR) is 217 cm³/mol. The molecule has 2 bridgehead atoms. The minimum atomic E-state index is 0.188. The lowest BCUT2D eigenvalue weighted by molar-refractivity contribution is 0.327. The van der Waals surface area contributed by atoms with Crippen molar-refractivity contribution in [2.45, 2.75) is 31.1 Å². The molecule has 3 unspecified atom stereocenters. The van der Waals surface area contributed by atoms with Gasteiger partial charge in [0.25, 0.3) is 0 Å². The molecule has 0 saturated heterocycles. The van der Waals surface area contributed by atoms with E-state index in [9.17, 15) is 0 Å². The van der Waals surface area contributed by atoms with Crippen LogP contribution in [0.1, 0.15) is 36.8 Å². The lowest BCUT2D eigenvalue weighted by Gasteiger charge is -2.36. The van der Waals surface area contributed by atoms with Crippen LogP contribution in [0.5, 0.6) is 0 Å². The highest BCUT2D eigenvalue weighted by Gasteiger charge is 2.56. The van der Waals surface area contributed by atoms with Gasteiger partial charge < -0.3 is 4.90 Å². The molecule has 1 nitrogen and oxygen atoms in total. The number of thiophene rings is 1. The molecule has 3 aliphatic carbocycles. The Morgan fingerprint density at radius 2 is 1.20 bits per heavy atom. The summed E-state index contributed by atoms with van der Waals surface area (Å²) in [5.41, 5.74) is 14.8. The van der Waals surface area contributed by atoms with Crippen molar-refractivity contribution >= 4 is 48.6 Å². The van der Waals surface area contributed by atoms with E-state index in [1.807, 2.05) is 11.3 Å². The largest absolute Gasteiger partial charge is 0.310 e.